The second-order valence-corrected chi connectivity index (χ2v) is 3.06. The van der Waals surface area contributed by atoms with E-state index in [0.29, 0.717) is 0 Å². The molecule has 0 saturated heterocycles. The van der Waals surface area contributed by atoms with E-state index in [1.54, 1.807) is 0 Å². The van der Waals surface area contributed by atoms with Gasteiger partial charge in [0.15, 0.2) is 5.78 Å². The van der Waals surface area contributed by atoms with Crippen LogP contribution < -0.4 is 0 Å². The fraction of sp³-hybridized carbons (Fsp3) is 0. The fourth-order valence-electron chi connectivity index (χ4n) is 1.35. The minimum Gasteiger partial charge on any atom is -0.289 e. The van der Waals surface area contributed by atoms with E-state index in [-0.39, 0.29) is 22.9 Å². The molecule has 0 unspecified atom stereocenters. The first kappa shape index (κ1) is 11.7. The number of ketones is 1. The van der Waals surface area contributed by atoms with Gasteiger partial charge in [0, 0.05) is 28.2 Å². The average molecular weight is 238 g/mol. The van der Waals surface area contributed by atoms with Crippen LogP contribution in [0.1, 0.15) is 15.9 Å². The van der Waals surface area contributed by atoms with Gasteiger partial charge >= 0.3 is 0 Å². The van der Waals surface area contributed by atoms with E-state index in [9.17, 15) is 4.79 Å². The molecule has 0 radical (unpaired) electrons. The number of carbonyl (C=O) groups is 1. The largest absolute Gasteiger partial charge is 0.289 e. The van der Waals surface area contributed by atoms with Gasteiger partial charge in [-0.2, -0.15) is 0 Å². The maximum atomic E-state index is 11.8. The van der Waals surface area contributed by atoms with Crippen LogP contribution in [0.5, 0.6) is 0 Å². The third-order valence-corrected chi connectivity index (χ3v) is 2.07. The molecule has 0 atom stereocenters. The molecule has 0 bridgehead atoms. The summed E-state index contributed by atoms with van der Waals surface area (Å²) in [5.74, 6) is 0.0752. The Morgan fingerprint density at radius 2 is 1.00 bits per heavy atom. The molecule has 0 aliphatic heterocycles. The van der Waals surface area contributed by atoms with Gasteiger partial charge in [-0.15, -0.1) is 0 Å². The van der Waals surface area contributed by atoms with Gasteiger partial charge in [0.2, 0.25) is 0 Å². The van der Waals surface area contributed by atoms with Crippen molar-refractivity contribution in [2.45, 2.75) is 0 Å². The van der Waals surface area contributed by atoms with Crippen molar-refractivity contribution in [3.8, 4) is 0 Å². The van der Waals surface area contributed by atoms with E-state index < -0.39 is 0 Å². The molecule has 0 saturated carbocycles. The number of hydrogen-bond acceptors (Lipinski definition) is 1. The van der Waals surface area contributed by atoms with Gasteiger partial charge in [-0.1, -0.05) is 60.7 Å². The minimum absolute atomic E-state index is 0. The third-order valence-electron chi connectivity index (χ3n) is 2.07. The van der Waals surface area contributed by atoms with Crippen LogP contribution in [0, 0.1) is 0 Å². The molecule has 0 amide bonds. The molecule has 76 valence electrons. The molecular formula is C13H10FeO. The average Bonchev–Trinajstić information content (AvgIpc) is 2.30. The zero-order chi connectivity index (χ0) is 9.80. The van der Waals surface area contributed by atoms with Crippen molar-refractivity contribution in [3.05, 3.63) is 71.8 Å². The van der Waals surface area contributed by atoms with Gasteiger partial charge in [-0.05, 0) is 0 Å². The summed E-state index contributed by atoms with van der Waals surface area (Å²) in [5, 5.41) is 0. The quantitative estimate of drug-likeness (QED) is 0.580. The summed E-state index contributed by atoms with van der Waals surface area (Å²) in [6.45, 7) is 0. The number of benzene rings is 2. The van der Waals surface area contributed by atoms with E-state index in [2.05, 4.69) is 0 Å². The van der Waals surface area contributed by atoms with Crippen molar-refractivity contribution in [2.75, 3.05) is 0 Å². The molecule has 2 aromatic carbocycles. The molecule has 2 rings (SSSR count). The Bertz CT molecular complexity index is 381. The van der Waals surface area contributed by atoms with E-state index in [1.807, 2.05) is 60.7 Å². The van der Waals surface area contributed by atoms with Crippen LogP contribution in [0.4, 0.5) is 0 Å². The summed E-state index contributed by atoms with van der Waals surface area (Å²) < 4.78 is 0. The van der Waals surface area contributed by atoms with Crippen molar-refractivity contribution < 1.29 is 21.9 Å². The molecule has 0 spiro atoms. The summed E-state index contributed by atoms with van der Waals surface area (Å²) in [7, 11) is 0. The van der Waals surface area contributed by atoms with E-state index >= 15 is 0 Å². The standard InChI is InChI=1S/C13H10O.Fe/c14-13(11-7-3-1-4-8-11)12-9-5-2-6-10-12;/h1-10H;. The molecule has 0 heterocycles. The molecule has 0 aliphatic rings. The Kier molecular flexibility index (Phi) is 4.29. The molecule has 2 heteroatoms. The molecule has 1 nitrogen and oxygen atoms in total. The Labute approximate surface area is 99.6 Å². The molecule has 2 aromatic rings. The van der Waals surface area contributed by atoms with Crippen LogP contribution in [0.3, 0.4) is 0 Å². The van der Waals surface area contributed by atoms with Crippen molar-refractivity contribution in [3.63, 3.8) is 0 Å². The maximum absolute atomic E-state index is 11.8. The van der Waals surface area contributed by atoms with Crippen molar-refractivity contribution in [1.82, 2.24) is 0 Å². The summed E-state index contributed by atoms with van der Waals surface area (Å²) in [4.78, 5) is 11.8. The monoisotopic (exact) mass is 238 g/mol. The Morgan fingerprint density at radius 3 is 1.33 bits per heavy atom. The second-order valence-electron chi connectivity index (χ2n) is 3.06. The van der Waals surface area contributed by atoms with Gasteiger partial charge in [-0.25, -0.2) is 0 Å². The molecule has 0 N–H and O–H groups in total. The first-order valence-electron chi connectivity index (χ1n) is 4.53. The fourth-order valence-corrected chi connectivity index (χ4v) is 1.35. The predicted molar refractivity (Wildman–Crippen MR) is 56.3 cm³/mol. The van der Waals surface area contributed by atoms with Gasteiger partial charge in [0.05, 0.1) is 0 Å². The van der Waals surface area contributed by atoms with Crippen LogP contribution in [0.25, 0.3) is 0 Å². The molecule has 15 heavy (non-hydrogen) atoms. The van der Waals surface area contributed by atoms with Gasteiger partial charge in [0.25, 0.3) is 0 Å². The number of hydrogen-bond donors (Lipinski definition) is 0. The molecule has 0 aromatic heterocycles. The van der Waals surface area contributed by atoms with Crippen molar-refractivity contribution in [2.24, 2.45) is 0 Å². The minimum atomic E-state index is 0. The zero-order valence-electron chi connectivity index (χ0n) is 8.04. The summed E-state index contributed by atoms with van der Waals surface area (Å²) in [6.07, 6.45) is 0. The van der Waals surface area contributed by atoms with E-state index in [0.717, 1.165) is 11.1 Å². The Morgan fingerprint density at radius 1 is 0.667 bits per heavy atom. The zero-order valence-corrected chi connectivity index (χ0v) is 9.14. The SMILES string of the molecule is O=C(c1ccccc1)c1ccccc1.[Fe]. The predicted octanol–water partition coefficient (Wildman–Crippen LogP) is 2.92. The normalized spacial score (nSPS) is 9.07. The summed E-state index contributed by atoms with van der Waals surface area (Å²) in [6, 6.07) is 18.6. The molecular weight excluding hydrogens is 228 g/mol. The third kappa shape index (κ3) is 2.79. The molecule has 0 fully saturated rings. The van der Waals surface area contributed by atoms with Gasteiger partial charge in [-0.3, -0.25) is 4.79 Å². The second kappa shape index (κ2) is 5.50. The first-order valence-corrected chi connectivity index (χ1v) is 4.53. The van der Waals surface area contributed by atoms with Crippen molar-refractivity contribution >= 4 is 5.78 Å². The van der Waals surface area contributed by atoms with Gasteiger partial charge < -0.3 is 0 Å². The van der Waals surface area contributed by atoms with E-state index in [4.69, 9.17) is 0 Å². The van der Waals surface area contributed by atoms with Crippen LogP contribution >= 0.6 is 0 Å². The first-order chi connectivity index (χ1) is 6.88. The van der Waals surface area contributed by atoms with E-state index in [1.165, 1.54) is 0 Å². The Balaban J connectivity index is 0.00000112. The topological polar surface area (TPSA) is 17.1 Å². The van der Waals surface area contributed by atoms with Crippen LogP contribution in [-0.4, -0.2) is 5.78 Å². The Hall–Kier alpha value is -1.37. The smallest absolute Gasteiger partial charge is 0.193 e. The van der Waals surface area contributed by atoms with Crippen LogP contribution in [0.15, 0.2) is 60.7 Å². The maximum Gasteiger partial charge on any atom is 0.193 e. The number of rotatable bonds is 2. The van der Waals surface area contributed by atoms with Gasteiger partial charge in [0.1, 0.15) is 0 Å². The van der Waals surface area contributed by atoms with Crippen molar-refractivity contribution in [1.29, 1.82) is 0 Å². The molecule has 0 aliphatic carbocycles. The van der Waals surface area contributed by atoms with Crippen LogP contribution in [0.2, 0.25) is 0 Å². The van der Waals surface area contributed by atoms with Crippen LogP contribution in [-0.2, 0) is 17.1 Å². The summed E-state index contributed by atoms with van der Waals surface area (Å²) >= 11 is 0. The summed E-state index contributed by atoms with van der Waals surface area (Å²) in [5.41, 5.74) is 1.47. The number of carbonyl (C=O) groups excluding carboxylic acids is 1.